The van der Waals surface area contributed by atoms with Crippen LogP contribution >= 0.6 is 11.3 Å². The van der Waals surface area contributed by atoms with Gasteiger partial charge in [0.2, 0.25) is 17.6 Å². The van der Waals surface area contributed by atoms with Crippen LogP contribution in [0.5, 0.6) is 0 Å². The SMILES string of the molecule is CC(C)[C@@H](Cc1nccs1)NC(=O)N[C@H](C(=O)N1C[C@H]2[C@@H]([C@H]1C(=O)NC(CC1CCC1)C(=O)C(N)=O)C2(C)C)C(C)(C)C. The van der Waals surface area contributed by atoms with Gasteiger partial charge in [-0.2, -0.15) is 0 Å². The lowest BCUT2D eigenvalue weighted by Gasteiger charge is -2.38. The zero-order valence-electron chi connectivity index (χ0n) is 26.4. The Morgan fingerprint density at radius 1 is 1.12 bits per heavy atom. The van der Waals surface area contributed by atoms with Crippen molar-refractivity contribution in [3.63, 3.8) is 0 Å². The number of likely N-dealkylation sites (tertiary alicyclic amines) is 1. The summed E-state index contributed by atoms with van der Waals surface area (Å²) in [7, 11) is 0. The van der Waals surface area contributed by atoms with E-state index in [2.05, 4.69) is 34.8 Å². The standard InChI is InChI=1S/C31H48N6O5S/c1-16(2)19(14-21-33-11-12-43-21)35-29(42)36-25(30(3,4)5)28(41)37-15-18-22(31(18,6)7)23(37)27(40)34-20(24(38)26(32)39)13-17-9-8-10-17/h11-12,16-20,22-23,25H,8-10,13-15H2,1-7H3,(H2,32,39)(H,34,40)(H2,35,36,42)/t18-,19+,20?,22-,23-,25+/m0/s1. The normalized spacial score (nSPS) is 24.7. The Morgan fingerprint density at radius 2 is 1.79 bits per heavy atom. The van der Waals surface area contributed by atoms with E-state index < -0.39 is 47.2 Å². The summed E-state index contributed by atoms with van der Waals surface area (Å²) in [6.45, 7) is 14.2. The number of hydrogen-bond donors (Lipinski definition) is 4. The number of fused-ring (bicyclic) bond motifs is 1. The number of urea groups is 1. The van der Waals surface area contributed by atoms with E-state index in [0.29, 0.717) is 19.4 Å². The number of amides is 5. The maximum Gasteiger partial charge on any atom is 0.315 e. The molecule has 0 bridgehead atoms. The van der Waals surface area contributed by atoms with Crippen LogP contribution in [0.4, 0.5) is 4.79 Å². The molecule has 0 aromatic carbocycles. The zero-order chi connectivity index (χ0) is 31.9. The predicted molar refractivity (Wildman–Crippen MR) is 164 cm³/mol. The van der Waals surface area contributed by atoms with Gasteiger partial charge in [0.05, 0.1) is 11.0 Å². The lowest BCUT2D eigenvalue weighted by Crippen LogP contribution is -2.62. The van der Waals surface area contributed by atoms with Crippen molar-refractivity contribution in [2.24, 2.45) is 40.2 Å². The van der Waals surface area contributed by atoms with Crippen molar-refractivity contribution in [1.82, 2.24) is 25.8 Å². The molecule has 12 heteroatoms. The number of thiazole rings is 1. The van der Waals surface area contributed by atoms with Crippen LogP contribution in [0.15, 0.2) is 11.6 Å². The van der Waals surface area contributed by atoms with E-state index in [1.54, 1.807) is 11.1 Å². The van der Waals surface area contributed by atoms with E-state index in [0.717, 1.165) is 24.3 Å². The Morgan fingerprint density at radius 3 is 2.30 bits per heavy atom. The van der Waals surface area contributed by atoms with Crippen molar-refractivity contribution in [3.05, 3.63) is 16.6 Å². The quantitative estimate of drug-likeness (QED) is 0.264. The third kappa shape index (κ3) is 7.21. The number of Topliss-reactive ketones (excluding diaryl/α,β-unsaturated/α-hetero) is 1. The molecule has 238 valence electrons. The molecule has 4 rings (SSSR count). The van der Waals surface area contributed by atoms with Gasteiger partial charge < -0.3 is 26.6 Å². The van der Waals surface area contributed by atoms with Crippen LogP contribution in [0.25, 0.3) is 0 Å². The van der Waals surface area contributed by atoms with Gasteiger partial charge in [0.1, 0.15) is 12.1 Å². The third-order valence-corrected chi connectivity index (χ3v) is 10.6. The van der Waals surface area contributed by atoms with Crippen LogP contribution in [-0.4, -0.2) is 70.1 Å². The number of piperidine rings is 1. The Balaban J connectivity index is 1.51. The Hall–Kier alpha value is -3.02. The van der Waals surface area contributed by atoms with Crippen LogP contribution in [0.2, 0.25) is 0 Å². The molecular formula is C31H48N6O5S. The Bertz CT molecular complexity index is 1220. The smallest absolute Gasteiger partial charge is 0.315 e. The van der Waals surface area contributed by atoms with Gasteiger partial charge in [-0.1, -0.05) is 67.7 Å². The second-order valence-corrected chi connectivity index (χ2v) is 15.6. The molecule has 6 atom stereocenters. The highest BCUT2D eigenvalue weighted by Crippen LogP contribution is 2.65. The third-order valence-electron chi connectivity index (χ3n) is 9.82. The fourth-order valence-electron chi connectivity index (χ4n) is 6.69. The molecule has 1 aliphatic heterocycles. The summed E-state index contributed by atoms with van der Waals surface area (Å²) in [5.74, 6) is -2.29. The molecule has 0 spiro atoms. The van der Waals surface area contributed by atoms with Crippen LogP contribution in [-0.2, 0) is 25.6 Å². The summed E-state index contributed by atoms with van der Waals surface area (Å²) in [6.07, 6.45) is 5.60. The molecule has 1 aromatic rings. The van der Waals surface area contributed by atoms with Crippen LogP contribution in [0.3, 0.4) is 0 Å². The molecule has 3 aliphatic rings. The van der Waals surface area contributed by atoms with E-state index in [1.807, 2.05) is 40.0 Å². The fourth-order valence-corrected chi connectivity index (χ4v) is 7.36. The molecule has 1 saturated heterocycles. The van der Waals surface area contributed by atoms with Gasteiger partial charge in [-0.3, -0.25) is 19.2 Å². The minimum absolute atomic E-state index is 0.0949. The second-order valence-electron chi connectivity index (χ2n) is 14.6. The van der Waals surface area contributed by atoms with Crippen LogP contribution in [0, 0.1) is 34.5 Å². The van der Waals surface area contributed by atoms with Gasteiger partial charge in [-0.05, 0) is 40.9 Å². The lowest BCUT2D eigenvalue weighted by molar-refractivity contribution is -0.145. The number of aromatic nitrogens is 1. The molecule has 2 aliphatic carbocycles. The van der Waals surface area contributed by atoms with Gasteiger partial charge in [0.15, 0.2) is 0 Å². The average molecular weight is 617 g/mol. The van der Waals surface area contributed by atoms with Crippen LogP contribution in [0.1, 0.15) is 79.2 Å². The van der Waals surface area contributed by atoms with E-state index in [4.69, 9.17) is 5.73 Å². The molecule has 0 radical (unpaired) electrons. The number of nitrogens with one attached hydrogen (secondary N) is 3. The molecule has 5 amide bonds. The van der Waals surface area contributed by atoms with Crippen LogP contribution < -0.4 is 21.7 Å². The molecule has 5 N–H and O–H groups in total. The predicted octanol–water partition coefficient (Wildman–Crippen LogP) is 2.64. The number of nitrogens with zero attached hydrogens (tertiary/aromatic N) is 2. The highest BCUT2D eigenvalue weighted by molar-refractivity contribution is 7.09. The van der Waals surface area contributed by atoms with Gasteiger partial charge in [-0.25, -0.2) is 9.78 Å². The number of nitrogens with two attached hydrogens (primary N) is 1. The highest BCUT2D eigenvalue weighted by Gasteiger charge is 2.70. The van der Waals surface area contributed by atoms with Crippen molar-refractivity contribution in [2.45, 2.75) is 105 Å². The maximum atomic E-state index is 14.2. The molecule has 1 unspecified atom stereocenters. The Labute approximate surface area is 258 Å². The van der Waals surface area contributed by atoms with Gasteiger partial charge >= 0.3 is 6.03 Å². The first-order valence-corrected chi connectivity index (χ1v) is 16.3. The van der Waals surface area contributed by atoms with E-state index >= 15 is 0 Å². The minimum atomic E-state index is -1.08. The molecule has 43 heavy (non-hydrogen) atoms. The monoisotopic (exact) mass is 616 g/mol. The summed E-state index contributed by atoms with van der Waals surface area (Å²) in [6, 6.07) is -3.38. The highest BCUT2D eigenvalue weighted by atomic mass is 32.1. The van der Waals surface area contributed by atoms with E-state index in [-0.39, 0.29) is 41.0 Å². The molecule has 3 fully saturated rings. The van der Waals surface area contributed by atoms with Crippen molar-refractivity contribution in [3.8, 4) is 0 Å². The van der Waals surface area contributed by atoms with E-state index in [1.165, 1.54) is 11.3 Å². The fraction of sp³-hybridized carbons (Fsp3) is 0.742. The van der Waals surface area contributed by atoms with Crippen molar-refractivity contribution >= 4 is 40.9 Å². The van der Waals surface area contributed by atoms with Gasteiger partial charge in [0.25, 0.3) is 5.91 Å². The first-order valence-electron chi connectivity index (χ1n) is 15.4. The average Bonchev–Trinajstić information content (AvgIpc) is 3.31. The van der Waals surface area contributed by atoms with Crippen molar-refractivity contribution in [2.75, 3.05) is 6.54 Å². The summed E-state index contributed by atoms with van der Waals surface area (Å²) >= 11 is 1.53. The van der Waals surface area contributed by atoms with Crippen molar-refractivity contribution in [1.29, 1.82) is 0 Å². The number of rotatable bonds is 12. The summed E-state index contributed by atoms with van der Waals surface area (Å²) in [5, 5.41) is 11.6. The molecule has 1 aromatic heterocycles. The second kappa shape index (κ2) is 12.5. The van der Waals surface area contributed by atoms with Gasteiger partial charge in [0, 0.05) is 30.6 Å². The minimum Gasteiger partial charge on any atom is -0.363 e. The van der Waals surface area contributed by atoms with Gasteiger partial charge in [-0.15, -0.1) is 11.3 Å². The Kier molecular flexibility index (Phi) is 9.58. The first-order chi connectivity index (χ1) is 20.0. The molecule has 2 heterocycles. The number of hydrogen-bond acceptors (Lipinski definition) is 7. The molecule has 11 nitrogen and oxygen atoms in total. The number of primary amides is 1. The molecular weight excluding hydrogens is 568 g/mol. The molecule has 2 saturated carbocycles. The van der Waals surface area contributed by atoms with Crippen molar-refractivity contribution < 1.29 is 24.0 Å². The summed E-state index contributed by atoms with van der Waals surface area (Å²) in [4.78, 5) is 71.8. The maximum absolute atomic E-state index is 14.2. The summed E-state index contributed by atoms with van der Waals surface area (Å²) < 4.78 is 0. The first kappa shape index (κ1) is 32.9. The summed E-state index contributed by atoms with van der Waals surface area (Å²) in [5.41, 5.74) is 4.51. The van der Waals surface area contributed by atoms with E-state index in [9.17, 15) is 24.0 Å². The topological polar surface area (TPSA) is 164 Å². The zero-order valence-corrected chi connectivity index (χ0v) is 27.3. The number of carbonyl (C=O) groups is 5. The lowest BCUT2D eigenvalue weighted by atomic mass is 9.80. The number of ketones is 1. The number of carbonyl (C=O) groups excluding carboxylic acids is 5. The largest absolute Gasteiger partial charge is 0.363 e.